The van der Waals surface area contributed by atoms with Crippen LogP contribution in [-0.2, 0) is 6.42 Å². The zero-order valence-corrected chi connectivity index (χ0v) is 12.0. The Balaban J connectivity index is 2.28. The Hall–Kier alpha value is -0.910. The van der Waals surface area contributed by atoms with Crippen LogP contribution >= 0.6 is 34.8 Å². The van der Waals surface area contributed by atoms with Gasteiger partial charge in [-0.25, -0.2) is 0 Å². The fourth-order valence-electron chi connectivity index (χ4n) is 1.71. The van der Waals surface area contributed by atoms with E-state index in [-0.39, 0.29) is 6.04 Å². The van der Waals surface area contributed by atoms with Gasteiger partial charge in [0.15, 0.2) is 0 Å². The summed E-state index contributed by atoms with van der Waals surface area (Å²) in [6.07, 6.45) is 5.33. The molecule has 2 aromatic rings. The van der Waals surface area contributed by atoms with Crippen LogP contribution in [0.5, 0.6) is 0 Å². The lowest BCUT2D eigenvalue weighted by Gasteiger charge is -2.17. The normalized spacial score (nSPS) is 12.4. The number of hydrogen-bond acceptors (Lipinski definition) is 4. The third-order valence-electron chi connectivity index (χ3n) is 2.65. The van der Waals surface area contributed by atoms with Crippen molar-refractivity contribution >= 4 is 34.8 Å². The predicted molar refractivity (Wildman–Crippen MR) is 77.3 cm³/mol. The Bertz CT molecular complexity index is 577. The molecule has 3 N–H and O–H groups in total. The Labute approximate surface area is 125 Å². The number of rotatable bonds is 4. The molecule has 2 heterocycles. The van der Waals surface area contributed by atoms with Crippen molar-refractivity contribution in [1.82, 2.24) is 15.4 Å². The molecule has 7 heteroatoms. The molecule has 0 aromatic carbocycles. The zero-order chi connectivity index (χ0) is 13.8. The van der Waals surface area contributed by atoms with Crippen molar-refractivity contribution in [3.63, 3.8) is 0 Å². The summed E-state index contributed by atoms with van der Waals surface area (Å²) in [5.41, 5.74) is 4.22. The molecule has 0 radical (unpaired) electrons. The Kier molecular flexibility index (Phi) is 4.96. The quantitative estimate of drug-likeness (QED) is 0.671. The Morgan fingerprint density at radius 1 is 1.21 bits per heavy atom. The molecule has 100 valence electrons. The van der Waals surface area contributed by atoms with Crippen molar-refractivity contribution in [1.29, 1.82) is 0 Å². The van der Waals surface area contributed by atoms with Gasteiger partial charge in [-0.2, -0.15) is 0 Å². The first-order valence-electron chi connectivity index (χ1n) is 5.47. The van der Waals surface area contributed by atoms with Gasteiger partial charge in [0.1, 0.15) is 0 Å². The standard InChI is InChI=1S/C12H11Cl3N4/c13-8-4-9(14)12(18-5-8)11(19-16)3-7-1-2-17-6-10(7)15/h1-2,4-6,11,19H,3,16H2. The maximum absolute atomic E-state index is 6.12. The highest BCUT2D eigenvalue weighted by Crippen LogP contribution is 2.27. The van der Waals surface area contributed by atoms with E-state index in [0.29, 0.717) is 27.2 Å². The topological polar surface area (TPSA) is 63.8 Å². The average molecular weight is 318 g/mol. The summed E-state index contributed by atoms with van der Waals surface area (Å²) in [6.45, 7) is 0. The summed E-state index contributed by atoms with van der Waals surface area (Å²) < 4.78 is 0. The molecule has 0 aliphatic heterocycles. The van der Waals surface area contributed by atoms with E-state index in [9.17, 15) is 0 Å². The Morgan fingerprint density at radius 3 is 2.63 bits per heavy atom. The summed E-state index contributed by atoms with van der Waals surface area (Å²) in [6, 6.07) is 3.20. The third-order valence-corrected chi connectivity index (χ3v) is 3.50. The molecule has 0 saturated heterocycles. The van der Waals surface area contributed by atoms with Gasteiger partial charge >= 0.3 is 0 Å². The predicted octanol–water partition coefficient (Wildman–Crippen LogP) is 3.18. The van der Waals surface area contributed by atoms with Crippen LogP contribution in [0.3, 0.4) is 0 Å². The van der Waals surface area contributed by atoms with Crippen molar-refractivity contribution in [2.75, 3.05) is 0 Å². The van der Waals surface area contributed by atoms with Gasteiger partial charge in [-0.05, 0) is 24.1 Å². The molecule has 0 amide bonds. The van der Waals surface area contributed by atoms with Crippen molar-refractivity contribution < 1.29 is 0 Å². The van der Waals surface area contributed by atoms with Crippen molar-refractivity contribution in [3.8, 4) is 0 Å². The van der Waals surface area contributed by atoms with Crippen LogP contribution in [0.15, 0.2) is 30.7 Å². The second-order valence-electron chi connectivity index (χ2n) is 3.91. The smallest absolute Gasteiger partial charge is 0.0777 e. The minimum atomic E-state index is -0.260. The lowest BCUT2D eigenvalue weighted by molar-refractivity contribution is 0.538. The van der Waals surface area contributed by atoms with Crippen LogP contribution in [-0.4, -0.2) is 9.97 Å². The van der Waals surface area contributed by atoms with Gasteiger partial charge in [-0.15, -0.1) is 0 Å². The minimum Gasteiger partial charge on any atom is -0.271 e. The Morgan fingerprint density at radius 2 is 2.00 bits per heavy atom. The summed E-state index contributed by atoms with van der Waals surface area (Å²) in [7, 11) is 0. The third kappa shape index (κ3) is 3.55. The van der Waals surface area contributed by atoms with Gasteiger partial charge in [0, 0.05) is 18.6 Å². The van der Waals surface area contributed by atoms with E-state index in [1.165, 1.54) is 6.20 Å². The van der Waals surface area contributed by atoms with Gasteiger partial charge in [-0.1, -0.05) is 34.8 Å². The second kappa shape index (κ2) is 6.50. The van der Waals surface area contributed by atoms with E-state index in [0.717, 1.165) is 5.56 Å². The molecule has 0 aliphatic carbocycles. The van der Waals surface area contributed by atoms with Crippen LogP contribution in [0.4, 0.5) is 0 Å². The number of halogens is 3. The van der Waals surface area contributed by atoms with Gasteiger partial charge in [0.2, 0.25) is 0 Å². The van der Waals surface area contributed by atoms with Crippen LogP contribution < -0.4 is 11.3 Å². The minimum absolute atomic E-state index is 0.260. The molecule has 0 aliphatic rings. The van der Waals surface area contributed by atoms with E-state index in [1.807, 2.05) is 6.07 Å². The van der Waals surface area contributed by atoms with Crippen LogP contribution in [0.1, 0.15) is 17.3 Å². The molecule has 0 fully saturated rings. The SMILES string of the molecule is NNC(Cc1ccncc1Cl)c1ncc(Cl)cc1Cl. The summed E-state index contributed by atoms with van der Waals surface area (Å²) in [5, 5.41) is 1.51. The van der Waals surface area contributed by atoms with E-state index >= 15 is 0 Å². The van der Waals surface area contributed by atoms with Gasteiger partial charge in [0.25, 0.3) is 0 Å². The maximum atomic E-state index is 6.12. The molecule has 1 unspecified atom stereocenters. The van der Waals surface area contributed by atoms with E-state index in [1.54, 1.807) is 18.5 Å². The highest BCUT2D eigenvalue weighted by atomic mass is 35.5. The molecule has 0 spiro atoms. The largest absolute Gasteiger partial charge is 0.271 e. The summed E-state index contributed by atoms with van der Waals surface area (Å²) >= 11 is 18.0. The van der Waals surface area contributed by atoms with E-state index in [2.05, 4.69) is 15.4 Å². The fraction of sp³-hybridized carbons (Fsp3) is 0.167. The molecule has 1 atom stereocenters. The highest BCUT2D eigenvalue weighted by molar-refractivity contribution is 6.34. The van der Waals surface area contributed by atoms with Crippen molar-refractivity contribution in [2.24, 2.45) is 5.84 Å². The second-order valence-corrected chi connectivity index (χ2v) is 5.16. The first kappa shape index (κ1) is 14.5. The molecule has 2 aromatic heterocycles. The number of hydrogen-bond donors (Lipinski definition) is 2. The zero-order valence-electron chi connectivity index (χ0n) is 9.78. The molecule has 4 nitrogen and oxygen atoms in total. The number of aromatic nitrogens is 2. The molecular formula is C12H11Cl3N4. The number of pyridine rings is 2. The lowest BCUT2D eigenvalue weighted by atomic mass is 10.0. The monoisotopic (exact) mass is 316 g/mol. The van der Waals surface area contributed by atoms with Crippen molar-refractivity contribution in [3.05, 3.63) is 57.0 Å². The van der Waals surface area contributed by atoms with Gasteiger partial charge < -0.3 is 0 Å². The number of nitrogens with zero attached hydrogens (tertiary/aromatic N) is 2. The highest BCUT2D eigenvalue weighted by Gasteiger charge is 2.17. The van der Waals surface area contributed by atoms with E-state index in [4.69, 9.17) is 40.6 Å². The molecule has 0 bridgehead atoms. The maximum Gasteiger partial charge on any atom is 0.0777 e. The number of nitrogens with one attached hydrogen (secondary N) is 1. The fourth-order valence-corrected chi connectivity index (χ4v) is 2.41. The van der Waals surface area contributed by atoms with Crippen LogP contribution in [0, 0.1) is 0 Å². The number of nitrogens with two attached hydrogens (primary N) is 1. The van der Waals surface area contributed by atoms with Gasteiger partial charge in [0.05, 0.1) is 26.8 Å². The first-order valence-corrected chi connectivity index (χ1v) is 6.60. The number of hydrazine groups is 1. The molecular weight excluding hydrogens is 307 g/mol. The lowest BCUT2D eigenvalue weighted by Crippen LogP contribution is -2.30. The summed E-state index contributed by atoms with van der Waals surface area (Å²) in [4.78, 5) is 8.15. The van der Waals surface area contributed by atoms with Crippen LogP contribution in [0.2, 0.25) is 15.1 Å². The van der Waals surface area contributed by atoms with Gasteiger partial charge in [-0.3, -0.25) is 21.2 Å². The van der Waals surface area contributed by atoms with E-state index < -0.39 is 0 Å². The molecule has 0 saturated carbocycles. The molecule has 2 rings (SSSR count). The summed E-state index contributed by atoms with van der Waals surface area (Å²) in [5.74, 6) is 5.57. The average Bonchev–Trinajstić information content (AvgIpc) is 2.39. The van der Waals surface area contributed by atoms with Crippen molar-refractivity contribution in [2.45, 2.75) is 12.5 Å². The van der Waals surface area contributed by atoms with Crippen LogP contribution in [0.25, 0.3) is 0 Å². The molecule has 19 heavy (non-hydrogen) atoms. The first-order chi connectivity index (χ1) is 9.11.